The van der Waals surface area contributed by atoms with E-state index >= 15 is 0 Å². The lowest BCUT2D eigenvalue weighted by Gasteiger charge is -2.17. The Bertz CT molecular complexity index is 984. The fourth-order valence-corrected chi connectivity index (χ4v) is 2.96. The third-order valence-corrected chi connectivity index (χ3v) is 4.36. The summed E-state index contributed by atoms with van der Waals surface area (Å²) in [5, 5.41) is 2.69. The van der Waals surface area contributed by atoms with Gasteiger partial charge in [0.15, 0.2) is 0 Å². The molecule has 0 saturated heterocycles. The van der Waals surface area contributed by atoms with Crippen LogP contribution in [-0.2, 0) is 11.3 Å². The van der Waals surface area contributed by atoms with Crippen molar-refractivity contribution in [3.05, 3.63) is 64.5 Å². The lowest BCUT2D eigenvalue weighted by atomic mass is 10.1. The molecule has 2 aromatic rings. The maximum atomic E-state index is 12.5. The molecular weight excluding hydrogens is 362 g/mol. The Labute approximate surface area is 161 Å². The Morgan fingerprint density at radius 3 is 2.46 bits per heavy atom. The molecule has 28 heavy (non-hydrogen) atoms. The number of aromatic nitrogens is 1. The number of imide groups is 1. The molecule has 1 aromatic heterocycles. The first-order valence-corrected chi connectivity index (χ1v) is 8.67. The van der Waals surface area contributed by atoms with E-state index in [1.807, 2.05) is 0 Å². The number of amides is 3. The monoisotopic (exact) mass is 381 g/mol. The fourth-order valence-electron chi connectivity index (χ4n) is 2.96. The lowest BCUT2D eigenvalue weighted by Crippen LogP contribution is -2.35. The second-order valence-electron chi connectivity index (χ2n) is 6.54. The van der Waals surface area contributed by atoms with Crippen LogP contribution in [0.25, 0.3) is 0 Å². The van der Waals surface area contributed by atoms with Gasteiger partial charge in [0.05, 0.1) is 36.0 Å². The topological polar surface area (TPSA) is 106 Å². The molecule has 8 nitrogen and oxygen atoms in total. The van der Waals surface area contributed by atoms with Gasteiger partial charge < -0.3 is 10.1 Å². The van der Waals surface area contributed by atoms with Crippen LogP contribution in [0.3, 0.4) is 0 Å². The standard InChI is InChI=1S/C20H19N3O5/c1-11(2)23-18(25)15-5-4-12(9-16(15)19(23)26)17(24)22-10-14-8-13(6-7-21-14)20(27)28-3/h4-9,11H,10H2,1-3H3,(H,22,24). The quantitative estimate of drug-likeness (QED) is 0.625. The summed E-state index contributed by atoms with van der Waals surface area (Å²) in [6, 6.07) is 7.19. The number of carbonyl (C=O) groups is 4. The first-order valence-electron chi connectivity index (χ1n) is 8.67. The number of benzene rings is 1. The Hall–Kier alpha value is -3.55. The normalized spacial score (nSPS) is 12.9. The molecule has 1 N–H and O–H groups in total. The van der Waals surface area contributed by atoms with Gasteiger partial charge in [-0.3, -0.25) is 24.3 Å². The minimum atomic E-state index is -0.494. The van der Waals surface area contributed by atoms with Crippen LogP contribution < -0.4 is 5.32 Å². The first-order chi connectivity index (χ1) is 13.3. The average molecular weight is 381 g/mol. The number of nitrogens with one attached hydrogen (secondary N) is 1. The third kappa shape index (κ3) is 3.48. The van der Waals surface area contributed by atoms with Gasteiger partial charge in [-0.2, -0.15) is 0 Å². The summed E-state index contributed by atoms with van der Waals surface area (Å²) in [4.78, 5) is 54.1. The van der Waals surface area contributed by atoms with Crippen LogP contribution in [0.4, 0.5) is 0 Å². The summed E-state index contributed by atoms with van der Waals surface area (Å²) in [5.74, 6) is -1.68. The predicted molar refractivity (Wildman–Crippen MR) is 98.8 cm³/mol. The van der Waals surface area contributed by atoms with Crippen LogP contribution in [0.1, 0.15) is 61.0 Å². The van der Waals surface area contributed by atoms with Crippen LogP contribution in [-0.4, -0.2) is 46.7 Å². The summed E-state index contributed by atoms with van der Waals surface area (Å²) in [6.45, 7) is 3.60. The van der Waals surface area contributed by atoms with Crippen LogP contribution in [0.15, 0.2) is 36.5 Å². The van der Waals surface area contributed by atoms with Crippen molar-refractivity contribution in [1.82, 2.24) is 15.2 Å². The summed E-state index contributed by atoms with van der Waals surface area (Å²) in [7, 11) is 1.28. The van der Waals surface area contributed by atoms with Crippen molar-refractivity contribution < 1.29 is 23.9 Å². The Balaban J connectivity index is 1.74. The zero-order valence-electron chi connectivity index (χ0n) is 15.7. The number of nitrogens with zero attached hydrogens (tertiary/aromatic N) is 2. The summed E-state index contributed by atoms with van der Waals surface area (Å²) >= 11 is 0. The number of fused-ring (bicyclic) bond motifs is 1. The molecule has 1 aliphatic rings. The molecule has 0 aliphatic carbocycles. The minimum Gasteiger partial charge on any atom is -0.465 e. The summed E-state index contributed by atoms with van der Waals surface area (Å²) in [5.41, 5.74) is 1.58. The van der Waals surface area contributed by atoms with E-state index in [9.17, 15) is 19.2 Å². The molecular formula is C20H19N3O5. The Morgan fingerprint density at radius 2 is 1.79 bits per heavy atom. The molecule has 8 heteroatoms. The van der Waals surface area contributed by atoms with Crippen molar-refractivity contribution in [2.75, 3.05) is 7.11 Å². The molecule has 0 bridgehead atoms. The van der Waals surface area contributed by atoms with Gasteiger partial charge in [0.25, 0.3) is 17.7 Å². The molecule has 0 radical (unpaired) electrons. The Morgan fingerprint density at radius 1 is 1.07 bits per heavy atom. The van der Waals surface area contributed by atoms with Gasteiger partial charge in [0.1, 0.15) is 0 Å². The molecule has 2 heterocycles. The highest BCUT2D eigenvalue weighted by Crippen LogP contribution is 2.25. The van der Waals surface area contributed by atoms with E-state index in [2.05, 4.69) is 15.0 Å². The Kier molecular flexibility index (Phi) is 5.21. The van der Waals surface area contributed by atoms with Gasteiger partial charge in [-0.1, -0.05) is 0 Å². The molecule has 0 unspecified atom stereocenters. The molecule has 0 atom stereocenters. The second kappa shape index (κ2) is 7.59. The van der Waals surface area contributed by atoms with E-state index in [1.54, 1.807) is 13.8 Å². The molecule has 0 spiro atoms. The fraction of sp³-hybridized carbons (Fsp3) is 0.250. The number of carbonyl (C=O) groups excluding carboxylic acids is 4. The number of methoxy groups -OCH3 is 1. The van der Waals surface area contributed by atoms with Crippen molar-refractivity contribution in [2.24, 2.45) is 0 Å². The maximum absolute atomic E-state index is 12.5. The van der Waals surface area contributed by atoms with Crippen molar-refractivity contribution >= 4 is 23.7 Å². The van der Waals surface area contributed by atoms with Crippen molar-refractivity contribution in [1.29, 1.82) is 0 Å². The van der Waals surface area contributed by atoms with Gasteiger partial charge in [0, 0.05) is 17.8 Å². The number of rotatable bonds is 5. The number of ether oxygens (including phenoxy) is 1. The first kappa shape index (κ1) is 19.2. The smallest absolute Gasteiger partial charge is 0.337 e. The van der Waals surface area contributed by atoms with E-state index in [0.29, 0.717) is 16.8 Å². The molecule has 1 aromatic carbocycles. The van der Waals surface area contributed by atoms with Gasteiger partial charge in [-0.15, -0.1) is 0 Å². The van der Waals surface area contributed by atoms with Crippen LogP contribution in [0.5, 0.6) is 0 Å². The van der Waals surface area contributed by atoms with E-state index in [4.69, 9.17) is 0 Å². The number of pyridine rings is 1. The second-order valence-corrected chi connectivity index (χ2v) is 6.54. The van der Waals surface area contributed by atoms with Gasteiger partial charge in [-0.25, -0.2) is 4.79 Å². The highest BCUT2D eigenvalue weighted by atomic mass is 16.5. The van der Waals surface area contributed by atoms with E-state index < -0.39 is 17.8 Å². The largest absolute Gasteiger partial charge is 0.465 e. The lowest BCUT2D eigenvalue weighted by molar-refractivity contribution is 0.0592. The van der Waals surface area contributed by atoms with Crippen LogP contribution >= 0.6 is 0 Å². The highest BCUT2D eigenvalue weighted by Gasteiger charge is 2.37. The van der Waals surface area contributed by atoms with E-state index in [1.165, 1.54) is 48.5 Å². The minimum absolute atomic E-state index is 0.0890. The van der Waals surface area contributed by atoms with Crippen molar-refractivity contribution in [3.8, 4) is 0 Å². The predicted octanol–water partition coefficient (Wildman–Crippen LogP) is 1.80. The third-order valence-electron chi connectivity index (χ3n) is 4.36. The number of hydrogen-bond donors (Lipinski definition) is 1. The summed E-state index contributed by atoms with van der Waals surface area (Å²) < 4.78 is 4.66. The molecule has 1 aliphatic heterocycles. The number of hydrogen-bond acceptors (Lipinski definition) is 6. The van der Waals surface area contributed by atoms with Gasteiger partial charge in [-0.05, 0) is 44.2 Å². The van der Waals surface area contributed by atoms with Crippen molar-refractivity contribution in [2.45, 2.75) is 26.4 Å². The highest BCUT2D eigenvalue weighted by molar-refractivity contribution is 6.22. The zero-order valence-corrected chi connectivity index (χ0v) is 15.7. The van der Waals surface area contributed by atoms with Gasteiger partial charge >= 0.3 is 5.97 Å². The summed E-state index contributed by atoms with van der Waals surface area (Å²) in [6.07, 6.45) is 1.45. The van der Waals surface area contributed by atoms with Crippen LogP contribution in [0.2, 0.25) is 0 Å². The average Bonchev–Trinajstić information content (AvgIpc) is 2.95. The van der Waals surface area contributed by atoms with E-state index in [-0.39, 0.29) is 29.6 Å². The molecule has 0 fully saturated rings. The molecule has 0 saturated carbocycles. The van der Waals surface area contributed by atoms with Crippen molar-refractivity contribution in [3.63, 3.8) is 0 Å². The van der Waals surface area contributed by atoms with Gasteiger partial charge in [0.2, 0.25) is 0 Å². The molecule has 3 amide bonds. The van der Waals surface area contributed by atoms with Crippen LogP contribution in [0, 0.1) is 0 Å². The number of esters is 1. The molecule has 3 rings (SSSR count). The van der Waals surface area contributed by atoms with E-state index in [0.717, 1.165) is 0 Å². The molecule has 144 valence electrons. The maximum Gasteiger partial charge on any atom is 0.337 e. The SMILES string of the molecule is COC(=O)c1ccnc(CNC(=O)c2ccc3c(c2)C(=O)N(C(C)C)C3=O)c1. The zero-order chi connectivity index (χ0) is 20.4.